The minimum absolute atomic E-state index is 0.0171. The quantitative estimate of drug-likeness (QED) is 0.199. The van der Waals surface area contributed by atoms with Gasteiger partial charge in [0.05, 0.1) is 18.2 Å². The van der Waals surface area contributed by atoms with Gasteiger partial charge in [0.15, 0.2) is 11.1 Å². The van der Waals surface area contributed by atoms with E-state index >= 15 is 0 Å². The topological polar surface area (TPSA) is 97.0 Å². The van der Waals surface area contributed by atoms with E-state index in [1.54, 1.807) is 13.8 Å². The molecule has 0 aliphatic carbocycles. The molecule has 0 fully saturated rings. The molecule has 0 aliphatic rings. The van der Waals surface area contributed by atoms with Gasteiger partial charge in [0.2, 0.25) is 0 Å². The monoisotopic (exact) mass is 546 g/mol. The zero-order chi connectivity index (χ0) is 29.9. The van der Waals surface area contributed by atoms with E-state index in [4.69, 9.17) is 10.2 Å². The largest absolute Gasteiger partial charge is 0.196 e. The third kappa shape index (κ3) is 8.41. The van der Waals surface area contributed by atoms with Gasteiger partial charge in [-0.15, -0.1) is 0 Å². The number of nitrogens with zero attached hydrogens (tertiary/aromatic N) is 6. The van der Waals surface area contributed by atoms with Crippen LogP contribution in [0.1, 0.15) is 83.5 Å². The minimum atomic E-state index is -1.08. The zero-order valence-corrected chi connectivity index (χ0v) is 25.2. The second-order valence-electron chi connectivity index (χ2n) is 12.0. The highest BCUT2D eigenvalue weighted by Crippen LogP contribution is 2.43. The molecule has 4 atom stereocenters. The Kier molecular flexibility index (Phi) is 10.7. The second kappa shape index (κ2) is 14.0. The van der Waals surface area contributed by atoms with Gasteiger partial charge in [-0.1, -0.05) is 112 Å². The van der Waals surface area contributed by atoms with E-state index in [1.807, 2.05) is 54.6 Å². The van der Waals surface area contributed by atoms with Gasteiger partial charge in [0.25, 0.3) is 0 Å². The van der Waals surface area contributed by atoms with Gasteiger partial charge in [0.1, 0.15) is 5.54 Å². The fourth-order valence-electron chi connectivity index (χ4n) is 5.46. The molecule has 0 aliphatic heterocycles. The van der Waals surface area contributed by atoms with Crippen LogP contribution in [0.2, 0.25) is 0 Å². The summed E-state index contributed by atoms with van der Waals surface area (Å²) >= 11 is 0. The molecule has 0 N–H and O–H groups in total. The van der Waals surface area contributed by atoms with E-state index in [0.717, 1.165) is 16.7 Å². The SMILES string of the molecule is CC(C)CC(C)(C#N)N=NC(C)(C#N)CC(C)CC(N=NC(C)c1ccccc1)(c1ccccc1)c1ccccc1. The Hall–Kier alpha value is -4.16. The van der Waals surface area contributed by atoms with Crippen LogP contribution in [0, 0.1) is 34.5 Å². The molecule has 3 rings (SSSR count). The van der Waals surface area contributed by atoms with Crippen molar-refractivity contribution in [1.29, 1.82) is 10.5 Å². The molecule has 0 heterocycles. The fourth-order valence-corrected chi connectivity index (χ4v) is 5.46. The highest BCUT2D eigenvalue weighted by Gasteiger charge is 2.39. The maximum absolute atomic E-state index is 10.2. The number of rotatable bonds is 13. The van der Waals surface area contributed by atoms with E-state index in [9.17, 15) is 10.5 Å². The van der Waals surface area contributed by atoms with Gasteiger partial charge in [-0.25, -0.2) is 0 Å². The maximum Gasteiger partial charge on any atom is 0.165 e. The van der Waals surface area contributed by atoms with Gasteiger partial charge in [-0.3, -0.25) is 0 Å². The van der Waals surface area contributed by atoms with Crippen molar-refractivity contribution in [2.24, 2.45) is 32.3 Å². The summed E-state index contributed by atoms with van der Waals surface area (Å²) in [7, 11) is 0. The Balaban J connectivity index is 2.02. The summed E-state index contributed by atoms with van der Waals surface area (Å²) in [4.78, 5) is 0. The minimum Gasteiger partial charge on any atom is -0.196 e. The molecule has 3 aromatic carbocycles. The van der Waals surface area contributed by atoms with Crippen LogP contribution in [0.3, 0.4) is 0 Å². The third-order valence-corrected chi connectivity index (χ3v) is 7.35. The smallest absolute Gasteiger partial charge is 0.165 e. The predicted octanol–water partition coefficient (Wildman–Crippen LogP) is 9.62. The first-order chi connectivity index (χ1) is 19.5. The number of hydrogen-bond donors (Lipinski definition) is 0. The average Bonchev–Trinajstić information content (AvgIpc) is 2.99. The zero-order valence-electron chi connectivity index (χ0n) is 25.2. The number of benzene rings is 3. The first-order valence-corrected chi connectivity index (χ1v) is 14.4. The van der Waals surface area contributed by atoms with E-state index in [0.29, 0.717) is 19.3 Å². The summed E-state index contributed by atoms with van der Waals surface area (Å²) in [6.45, 7) is 11.9. The van der Waals surface area contributed by atoms with Gasteiger partial charge in [-0.05, 0) is 68.6 Å². The molecule has 3 aromatic rings. The van der Waals surface area contributed by atoms with Crippen molar-refractivity contribution in [3.8, 4) is 12.1 Å². The average molecular weight is 547 g/mol. The molecule has 212 valence electrons. The highest BCUT2D eigenvalue weighted by molar-refractivity contribution is 5.39. The summed E-state index contributed by atoms with van der Waals surface area (Å²) in [5.74, 6) is 0.301. The van der Waals surface area contributed by atoms with E-state index in [-0.39, 0.29) is 17.9 Å². The molecule has 0 amide bonds. The van der Waals surface area contributed by atoms with Crippen molar-refractivity contribution < 1.29 is 0 Å². The molecule has 0 aromatic heterocycles. The van der Waals surface area contributed by atoms with E-state index < -0.39 is 16.6 Å². The van der Waals surface area contributed by atoms with Crippen molar-refractivity contribution in [1.82, 2.24) is 0 Å². The van der Waals surface area contributed by atoms with Crippen molar-refractivity contribution in [2.75, 3.05) is 0 Å². The maximum atomic E-state index is 10.2. The molecule has 0 radical (unpaired) electrons. The summed E-state index contributed by atoms with van der Waals surface area (Å²) in [5, 5.41) is 38.9. The Morgan fingerprint density at radius 1 is 0.610 bits per heavy atom. The van der Waals surface area contributed by atoms with Crippen molar-refractivity contribution in [2.45, 2.75) is 83.5 Å². The first-order valence-electron chi connectivity index (χ1n) is 14.4. The highest BCUT2D eigenvalue weighted by atomic mass is 15.2. The fraction of sp³-hybridized carbons (Fsp3) is 0.429. The van der Waals surface area contributed by atoms with Gasteiger partial charge < -0.3 is 0 Å². The van der Waals surface area contributed by atoms with Gasteiger partial charge in [-0.2, -0.15) is 31.0 Å². The molecule has 41 heavy (non-hydrogen) atoms. The van der Waals surface area contributed by atoms with Crippen LogP contribution in [0.4, 0.5) is 0 Å². The predicted molar refractivity (Wildman–Crippen MR) is 164 cm³/mol. The molecule has 0 saturated carbocycles. The lowest BCUT2D eigenvalue weighted by atomic mass is 9.75. The first kappa shape index (κ1) is 31.4. The van der Waals surface area contributed by atoms with Crippen LogP contribution in [0.25, 0.3) is 0 Å². The van der Waals surface area contributed by atoms with E-state index in [1.165, 1.54) is 0 Å². The van der Waals surface area contributed by atoms with Gasteiger partial charge >= 0.3 is 0 Å². The van der Waals surface area contributed by atoms with Crippen LogP contribution in [-0.2, 0) is 5.54 Å². The summed E-state index contributed by atoms with van der Waals surface area (Å²) in [6.07, 6.45) is 1.65. The van der Waals surface area contributed by atoms with Crippen LogP contribution < -0.4 is 0 Å². The van der Waals surface area contributed by atoms with Crippen LogP contribution in [0.5, 0.6) is 0 Å². The van der Waals surface area contributed by atoms with E-state index in [2.05, 4.69) is 86.5 Å². The molecule has 4 unspecified atom stereocenters. The lowest BCUT2D eigenvalue weighted by Crippen LogP contribution is -2.31. The third-order valence-electron chi connectivity index (χ3n) is 7.35. The normalized spacial score (nSPS) is 16.5. The molecule has 6 nitrogen and oxygen atoms in total. The van der Waals surface area contributed by atoms with Gasteiger partial charge in [0, 0.05) is 0 Å². The molecule has 0 saturated heterocycles. The van der Waals surface area contributed by atoms with Crippen LogP contribution >= 0.6 is 0 Å². The number of azo groups is 2. The Labute approximate surface area is 245 Å². The Morgan fingerprint density at radius 2 is 1.05 bits per heavy atom. The Morgan fingerprint density at radius 3 is 1.49 bits per heavy atom. The molecule has 0 bridgehead atoms. The summed E-state index contributed by atoms with van der Waals surface area (Å²) in [6, 6.07) is 35.2. The van der Waals surface area contributed by atoms with Crippen LogP contribution in [-0.4, -0.2) is 11.1 Å². The standard InChI is InChI=1S/C35H42N6/c1-27(2)22-33(5,25-36)39-40-34(6,26-37)23-28(3)24-35(31-18-12-8-13-19-31,32-20-14-9-15-21-32)41-38-29(4)30-16-10-7-11-17-30/h7-21,27-29H,22-24H2,1-6H3. The molecule has 6 heteroatoms. The number of nitriles is 2. The second-order valence-corrected chi connectivity index (χ2v) is 12.0. The molecule has 0 spiro atoms. The van der Waals surface area contributed by atoms with Crippen molar-refractivity contribution >= 4 is 0 Å². The Bertz CT molecular complexity index is 1330. The summed E-state index contributed by atoms with van der Waals surface area (Å²) < 4.78 is 0. The lowest BCUT2D eigenvalue weighted by Gasteiger charge is -2.34. The van der Waals surface area contributed by atoms with Crippen molar-refractivity contribution in [3.05, 3.63) is 108 Å². The lowest BCUT2D eigenvalue weighted by molar-refractivity contribution is 0.311. The van der Waals surface area contributed by atoms with Crippen LogP contribution in [0.15, 0.2) is 111 Å². The molecular formula is C35H42N6. The summed E-state index contributed by atoms with van der Waals surface area (Å²) in [5.41, 5.74) is 0.362. The van der Waals surface area contributed by atoms with Crippen molar-refractivity contribution in [3.63, 3.8) is 0 Å². The molecular weight excluding hydrogens is 504 g/mol. The number of hydrogen-bond acceptors (Lipinski definition) is 6.